The summed E-state index contributed by atoms with van der Waals surface area (Å²) in [6.07, 6.45) is 0.915. The summed E-state index contributed by atoms with van der Waals surface area (Å²) in [7, 11) is 3.62. The van der Waals surface area contributed by atoms with Crippen LogP contribution >= 0.6 is 15.9 Å². The largest absolute Gasteiger partial charge is 0.496 e. The molecule has 3 nitrogen and oxygen atoms in total. The number of halogens is 1. The highest BCUT2D eigenvalue weighted by Gasteiger charge is 2.17. The van der Waals surface area contributed by atoms with Crippen LogP contribution in [-0.2, 0) is 11.3 Å². The van der Waals surface area contributed by atoms with E-state index in [0.717, 1.165) is 27.6 Å². The van der Waals surface area contributed by atoms with Gasteiger partial charge in [-0.2, -0.15) is 0 Å². The molecule has 1 rings (SSSR count). The summed E-state index contributed by atoms with van der Waals surface area (Å²) in [5.41, 5.74) is 4.65. The quantitative estimate of drug-likeness (QED) is 0.783. The van der Waals surface area contributed by atoms with Gasteiger partial charge in [0.1, 0.15) is 12.0 Å². The zero-order valence-corrected chi connectivity index (χ0v) is 13.2. The predicted molar refractivity (Wildman–Crippen MR) is 77.3 cm³/mol. The van der Waals surface area contributed by atoms with Gasteiger partial charge in [0.15, 0.2) is 0 Å². The van der Waals surface area contributed by atoms with Crippen LogP contribution in [0, 0.1) is 20.8 Å². The van der Waals surface area contributed by atoms with Gasteiger partial charge in [-0.05, 0) is 44.5 Å². The van der Waals surface area contributed by atoms with Crippen molar-refractivity contribution < 1.29 is 9.53 Å². The molecule has 1 aromatic carbocycles. The Morgan fingerprint density at radius 3 is 2.33 bits per heavy atom. The molecular weight excluding hydrogens is 294 g/mol. The molecule has 0 unspecified atom stereocenters. The molecule has 0 amide bonds. The Morgan fingerprint density at radius 1 is 1.22 bits per heavy atom. The molecule has 0 radical (unpaired) electrons. The number of benzene rings is 1. The lowest BCUT2D eigenvalue weighted by atomic mass is 9.98. The van der Waals surface area contributed by atoms with Crippen LogP contribution in [0.25, 0.3) is 0 Å². The highest BCUT2D eigenvalue weighted by molar-refractivity contribution is 9.10. The van der Waals surface area contributed by atoms with Crippen LogP contribution in [0.3, 0.4) is 0 Å². The molecule has 0 saturated heterocycles. The number of aldehydes is 1. The van der Waals surface area contributed by atoms with E-state index in [1.54, 1.807) is 7.11 Å². The number of likely N-dealkylation sites (N-methyl/N-ethyl adjacent to an activating group) is 1. The third-order valence-corrected chi connectivity index (χ3v) is 4.50. The summed E-state index contributed by atoms with van der Waals surface area (Å²) in [6.45, 7) is 7.33. The monoisotopic (exact) mass is 313 g/mol. The lowest BCUT2D eigenvalue weighted by molar-refractivity contribution is -0.108. The number of hydrogen-bond donors (Lipinski definition) is 0. The molecule has 0 heterocycles. The maximum atomic E-state index is 10.6. The number of nitrogens with zero attached hydrogens (tertiary/aromatic N) is 1. The van der Waals surface area contributed by atoms with Gasteiger partial charge < -0.3 is 9.53 Å². The molecule has 0 N–H and O–H groups in total. The Kier molecular flexibility index (Phi) is 5.35. The predicted octanol–water partition coefficient (Wildman–Crippen LogP) is 3.01. The topological polar surface area (TPSA) is 29.5 Å². The molecule has 0 aliphatic heterocycles. The van der Waals surface area contributed by atoms with Crippen molar-refractivity contribution in [3.05, 3.63) is 26.7 Å². The Bertz CT molecular complexity index is 458. The lowest BCUT2D eigenvalue weighted by Crippen LogP contribution is -2.21. The van der Waals surface area contributed by atoms with Gasteiger partial charge >= 0.3 is 0 Å². The summed E-state index contributed by atoms with van der Waals surface area (Å²) in [5, 5.41) is 0. The zero-order valence-electron chi connectivity index (χ0n) is 11.6. The van der Waals surface area contributed by atoms with E-state index in [2.05, 4.69) is 36.7 Å². The van der Waals surface area contributed by atoms with Crippen molar-refractivity contribution in [2.75, 3.05) is 20.7 Å². The first kappa shape index (κ1) is 15.2. The van der Waals surface area contributed by atoms with Crippen molar-refractivity contribution in [2.24, 2.45) is 0 Å². The van der Waals surface area contributed by atoms with Gasteiger partial charge in [-0.15, -0.1) is 0 Å². The molecule has 0 aliphatic rings. The van der Waals surface area contributed by atoms with Crippen LogP contribution in [0.5, 0.6) is 5.75 Å². The number of carbonyl (C=O) groups is 1. The minimum Gasteiger partial charge on any atom is -0.496 e. The molecule has 4 heteroatoms. The van der Waals surface area contributed by atoms with Gasteiger partial charge in [-0.25, -0.2) is 0 Å². The van der Waals surface area contributed by atoms with Gasteiger partial charge in [0.2, 0.25) is 0 Å². The zero-order chi connectivity index (χ0) is 13.9. The van der Waals surface area contributed by atoms with E-state index < -0.39 is 0 Å². The molecular formula is C14H20BrNO2. The number of rotatable bonds is 5. The van der Waals surface area contributed by atoms with Crippen molar-refractivity contribution >= 4 is 22.2 Å². The summed E-state index contributed by atoms with van der Waals surface area (Å²) >= 11 is 3.63. The third-order valence-electron chi connectivity index (χ3n) is 3.31. The van der Waals surface area contributed by atoms with Crippen molar-refractivity contribution in [1.82, 2.24) is 4.90 Å². The Morgan fingerprint density at radius 2 is 1.83 bits per heavy atom. The van der Waals surface area contributed by atoms with Gasteiger partial charge in [0, 0.05) is 16.6 Å². The molecule has 0 aliphatic carbocycles. The van der Waals surface area contributed by atoms with E-state index in [1.165, 1.54) is 11.1 Å². The fourth-order valence-corrected chi connectivity index (χ4v) is 2.61. The van der Waals surface area contributed by atoms with Crippen molar-refractivity contribution in [1.29, 1.82) is 0 Å². The van der Waals surface area contributed by atoms with Crippen molar-refractivity contribution in [3.8, 4) is 5.75 Å². The van der Waals surface area contributed by atoms with E-state index in [9.17, 15) is 4.79 Å². The van der Waals surface area contributed by atoms with E-state index in [0.29, 0.717) is 13.1 Å². The number of ether oxygens (including phenoxy) is 1. The first-order valence-electron chi connectivity index (χ1n) is 5.88. The van der Waals surface area contributed by atoms with Crippen LogP contribution in [0.4, 0.5) is 0 Å². The van der Waals surface area contributed by atoms with Crippen LogP contribution in [-0.4, -0.2) is 31.9 Å². The highest BCUT2D eigenvalue weighted by Crippen LogP contribution is 2.36. The fourth-order valence-electron chi connectivity index (χ4n) is 2.07. The smallest absolute Gasteiger partial charge is 0.133 e. The maximum absolute atomic E-state index is 10.6. The molecule has 1 aromatic rings. The molecule has 0 saturated carbocycles. The molecule has 100 valence electrons. The number of methoxy groups -OCH3 is 1. The first-order chi connectivity index (χ1) is 8.43. The fraction of sp³-hybridized carbons (Fsp3) is 0.500. The second-order valence-electron chi connectivity index (χ2n) is 4.56. The molecule has 0 aromatic heterocycles. The van der Waals surface area contributed by atoms with Crippen LogP contribution < -0.4 is 4.74 Å². The summed E-state index contributed by atoms with van der Waals surface area (Å²) in [4.78, 5) is 12.5. The second-order valence-corrected chi connectivity index (χ2v) is 5.36. The molecule has 0 bridgehead atoms. The van der Waals surface area contributed by atoms with E-state index in [1.807, 2.05) is 11.9 Å². The second kappa shape index (κ2) is 6.34. The van der Waals surface area contributed by atoms with E-state index >= 15 is 0 Å². The van der Waals surface area contributed by atoms with Crippen LogP contribution in [0.15, 0.2) is 4.47 Å². The standard InChI is InChI=1S/C14H20BrNO2/c1-9-10(2)14(18-5)12(11(3)13(9)15)8-16(4)6-7-17/h7H,6,8H2,1-5H3. The normalized spacial score (nSPS) is 10.8. The van der Waals surface area contributed by atoms with Gasteiger partial charge in [-0.1, -0.05) is 15.9 Å². The van der Waals surface area contributed by atoms with Gasteiger partial charge in [0.25, 0.3) is 0 Å². The van der Waals surface area contributed by atoms with E-state index in [-0.39, 0.29) is 0 Å². The minimum atomic E-state index is 0.424. The lowest BCUT2D eigenvalue weighted by Gasteiger charge is -2.22. The Hall–Kier alpha value is -0.870. The number of hydrogen-bond acceptors (Lipinski definition) is 3. The molecule has 0 fully saturated rings. The number of carbonyl (C=O) groups excluding carboxylic acids is 1. The molecule has 18 heavy (non-hydrogen) atoms. The van der Waals surface area contributed by atoms with Crippen molar-refractivity contribution in [3.63, 3.8) is 0 Å². The van der Waals surface area contributed by atoms with Crippen LogP contribution in [0.1, 0.15) is 22.3 Å². The maximum Gasteiger partial charge on any atom is 0.133 e. The van der Waals surface area contributed by atoms with E-state index in [4.69, 9.17) is 4.74 Å². The van der Waals surface area contributed by atoms with Gasteiger partial charge in [-0.3, -0.25) is 4.90 Å². The first-order valence-corrected chi connectivity index (χ1v) is 6.67. The SMILES string of the molecule is COc1c(C)c(C)c(Br)c(C)c1CN(C)CC=O. The average molecular weight is 314 g/mol. The average Bonchev–Trinajstić information content (AvgIpc) is 2.34. The minimum absolute atomic E-state index is 0.424. The Labute approximate surface area is 117 Å². The summed E-state index contributed by atoms with van der Waals surface area (Å²) < 4.78 is 6.66. The molecule has 0 atom stereocenters. The van der Waals surface area contributed by atoms with Gasteiger partial charge in [0.05, 0.1) is 13.7 Å². The Balaban J connectivity index is 3.28. The summed E-state index contributed by atoms with van der Waals surface area (Å²) in [5.74, 6) is 0.922. The third kappa shape index (κ3) is 2.93. The van der Waals surface area contributed by atoms with Crippen molar-refractivity contribution in [2.45, 2.75) is 27.3 Å². The highest BCUT2D eigenvalue weighted by atomic mass is 79.9. The van der Waals surface area contributed by atoms with Crippen LogP contribution in [0.2, 0.25) is 0 Å². The summed E-state index contributed by atoms with van der Waals surface area (Å²) in [6, 6.07) is 0. The molecule has 0 spiro atoms.